The minimum absolute atomic E-state index is 0.0433. The van der Waals surface area contributed by atoms with Crippen LogP contribution in [0.2, 0.25) is 0 Å². The van der Waals surface area contributed by atoms with E-state index in [1.165, 1.54) is 44.9 Å². The van der Waals surface area contributed by atoms with Crippen LogP contribution in [0.25, 0.3) is 0 Å². The largest absolute Gasteiger partial charge is 0.393 e. The highest BCUT2D eigenvalue weighted by molar-refractivity contribution is 4.76. The van der Waals surface area contributed by atoms with Gasteiger partial charge in [0.05, 0.1) is 6.10 Å². The Hall–Kier alpha value is -0.300. The lowest BCUT2D eigenvalue weighted by Gasteiger charge is -2.09. The van der Waals surface area contributed by atoms with Crippen molar-refractivity contribution in [1.82, 2.24) is 0 Å². The first kappa shape index (κ1) is 14.7. The molecule has 0 bridgehead atoms. The van der Waals surface area contributed by atoms with Crippen LogP contribution < -0.4 is 0 Å². The number of aliphatic hydroxyl groups excluding tert-OH is 1. The fraction of sp³-hybridized carbons (Fsp3) is 0.857. The van der Waals surface area contributed by atoms with Crippen molar-refractivity contribution in [2.45, 2.75) is 77.7 Å². The molecule has 1 nitrogen and oxygen atoms in total. The molecule has 1 N–H and O–H groups in total. The summed E-state index contributed by atoms with van der Waals surface area (Å²) in [6.45, 7) is 4.27. The van der Waals surface area contributed by atoms with Gasteiger partial charge in [0.25, 0.3) is 0 Å². The second-order valence-corrected chi connectivity index (χ2v) is 4.36. The summed E-state index contributed by atoms with van der Waals surface area (Å²) in [7, 11) is 0. The number of hydrogen-bond donors (Lipinski definition) is 1. The SMILES string of the molecule is CC=CCCCCCC(O)CCCCC. The summed E-state index contributed by atoms with van der Waals surface area (Å²) in [5.74, 6) is 0. The molecule has 1 heteroatoms. The zero-order valence-corrected chi connectivity index (χ0v) is 10.5. The molecule has 0 aliphatic heterocycles. The fourth-order valence-corrected chi connectivity index (χ4v) is 1.76. The molecular weight excluding hydrogens is 184 g/mol. The lowest BCUT2D eigenvalue weighted by atomic mass is 10.0. The lowest BCUT2D eigenvalue weighted by molar-refractivity contribution is 0.147. The number of aliphatic hydroxyl groups is 1. The Labute approximate surface area is 95.6 Å². The maximum atomic E-state index is 9.66. The highest BCUT2D eigenvalue weighted by Crippen LogP contribution is 2.11. The normalized spacial score (nSPS) is 13.5. The van der Waals surface area contributed by atoms with E-state index in [2.05, 4.69) is 26.0 Å². The summed E-state index contributed by atoms with van der Waals surface area (Å²) in [6.07, 6.45) is 14.9. The van der Waals surface area contributed by atoms with Gasteiger partial charge in [0.15, 0.2) is 0 Å². The monoisotopic (exact) mass is 212 g/mol. The van der Waals surface area contributed by atoms with Gasteiger partial charge in [-0.25, -0.2) is 0 Å². The molecule has 0 amide bonds. The van der Waals surface area contributed by atoms with Crippen LogP contribution in [0.3, 0.4) is 0 Å². The van der Waals surface area contributed by atoms with Crippen molar-refractivity contribution in [3.05, 3.63) is 12.2 Å². The minimum atomic E-state index is -0.0433. The summed E-state index contributed by atoms with van der Waals surface area (Å²) in [5.41, 5.74) is 0. The molecule has 0 spiro atoms. The standard InChI is InChI=1S/C14H28O/c1-3-5-7-8-9-11-13-14(15)12-10-6-4-2/h3,5,14-15H,4,6-13H2,1-2H3. The Balaban J connectivity index is 3.12. The second kappa shape index (κ2) is 11.8. The molecule has 0 aromatic rings. The molecule has 0 heterocycles. The van der Waals surface area contributed by atoms with Crippen LogP contribution in [-0.4, -0.2) is 11.2 Å². The predicted molar refractivity (Wildman–Crippen MR) is 68.0 cm³/mol. The molecule has 0 saturated heterocycles. The lowest BCUT2D eigenvalue weighted by Crippen LogP contribution is -2.05. The third-order valence-corrected chi connectivity index (χ3v) is 2.78. The molecule has 15 heavy (non-hydrogen) atoms. The van der Waals surface area contributed by atoms with E-state index in [1.807, 2.05) is 0 Å². The first-order valence-electron chi connectivity index (χ1n) is 6.60. The summed E-state index contributed by atoms with van der Waals surface area (Å²) in [6, 6.07) is 0. The van der Waals surface area contributed by atoms with E-state index in [0.717, 1.165) is 12.8 Å². The topological polar surface area (TPSA) is 20.2 Å². The van der Waals surface area contributed by atoms with E-state index in [4.69, 9.17) is 0 Å². The Morgan fingerprint density at radius 2 is 1.67 bits per heavy atom. The summed E-state index contributed by atoms with van der Waals surface area (Å²) >= 11 is 0. The first-order chi connectivity index (χ1) is 7.31. The van der Waals surface area contributed by atoms with Crippen molar-refractivity contribution in [2.24, 2.45) is 0 Å². The smallest absolute Gasteiger partial charge is 0.0540 e. The molecule has 0 aromatic carbocycles. The van der Waals surface area contributed by atoms with Crippen molar-refractivity contribution >= 4 is 0 Å². The first-order valence-corrected chi connectivity index (χ1v) is 6.60. The van der Waals surface area contributed by atoms with Gasteiger partial charge < -0.3 is 5.11 Å². The maximum absolute atomic E-state index is 9.66. The highest BCUT2D eigenvalue weighted by Gasteiger charge is 2.02. The summed E-state index contributed by atoms with van der Waals surface area (Å²) in [4.78, 5) is 0. The molecule has 90 valence electrons. The van der Waals surface area contributed by atoms with Crippen molar-refractivity contribution in [3.63, 3.8) is 0 Å². The van der Waals surface area contributed by atoms with Crippen molar-refractivity contribution in [3.8, 4) is 0 Å². The van der Waals surface area contributed by atoms with Crippen LogP contribution in [0, 0.1) is 0 Å². The van der Waals surface area contributed by atoms with E-state index < -0.39 is 0 Å². The van der Waals surface area contributed by atoms with Gasteiger partial charge in [-0.3, -0.25) is 0 Å². The van der Waals surface area contributed by atoms with Gasteiger partial charge in [-0.05, 0) is 32.6 Å². The summed E-state index contributed by atoms with van der Waals surface area (Å²) in [5, 5.41) is 9.66. The van der Waals surface area contributed by atoms with Gasteiger partial charge in [0.1, 0.15) is 0 Å². The number of hydrogen-bond acceptors (Lipinski definition) is 1. The predicted octanol–water partition coefficient (Wildman–Crippen LogP) is 4.45. The number of unbranched alkanes of at least 4 members (excludes halogenated alkanes) is 5. The van der Waals surface area contributed by atoms with Crippen molar-refractivity contribution < 1.29 is 5.11 Å². The second-order valence-electron chi connectivity index (χ2n) is 4.36. The van der Waals surface area contributed by atoms with E-state index in [-0.39, 0.29) is 6.10 Å². The van der Waals surface area contributed by atoms with E-state index in [9.17, 15) is 5.11 Å². The molecule has 0 radical (unpaired) electrons. The highest BCUT2D eigenvalue weighted by atomic mass is 16.3. The number of allylic oxidation sites excluding steroid dienone is 2. The third-order valence-electron chi connectivity index (χ3n) is 2.78. The average molecular weight is 212 g/mol. The van der Waals surface area contributed by atoms with E-state index in [0.29, 0.717) is 0 Å². The molecule has 1 atom stereocenters. The van der Waals surface area contributed by atoms with Crippen molar-refractivity contribution in [1.29, 1.82) is 0 Å². The Morgan fingerprint density at radius 3 is 2.27 bits per heavy atom. The maximum Gasteiger partial charge on any atom is 0.0540 e. The summed E-state index contributed by atoms with van der Waals surface area (Å²) < 4.78 is 0. The zero-order chi connectivity index (χ0) is 11.4. The third kappa shape index (κ3) is 11.6. The van der Waals surface area contributed by atoms with Gasteiger partial charge >= 0.3 is 0 Å². The van der Waals surface area contributed by atoms with E-state index >= 15 is 0 Å². The molecule has 0 fully saturated rings. The van der Waals surface area contributed by atoms with Crippen LogP contribution in [0.1, 0.15) is 71.6 Å². The Bertz CT molecular complexity index is 140. The van der Waals surface area contributed by atoms with Gasteiger partial charge in [-0.1, -0.05) is 51.2 Å². The minimum Gasteiger partial charge on any atom is -0.393 e. The molecule has 1 unspecified atom stereocenters. The van der Waals surface area contributed by atoms with Crippen LogP contribution in [0.5, 0.6) is 0 Å². The van der Waals surface area contributed by atoms with Crippen molar-refractivity contribution in [2.75, 3.05) is 0 Å². The van der Waals surface area contributed by atoms with Gasteiger partial charge in [0, 0.05) is 0 Å². The molecule has 0 rings (SSSR count). The van der Waals surface area contributed by atoms with Crippen LogP contribution >= 0.6 is 0 Å². The fourth-order valence-electron chi connectivity index (χ4n) is 1.76. The van der Waals surface area contributed by atoms with E-state index in [1.54, 1.807) is 0 Å². The molecule has 0 saturated carbocycles. The number of rotatable bonds is 10. The van der Waals surface area contributed by atoms with Crippen LogP contribution in [0.15, 0.2) is 12.2 Å². The molecule has 0 aromatic heterocycles. The Kier molecular flexibility index (Phi) is 11.5. The van der Waals surface area contributed by atoms with Gasteiger partial charge in [-0.2, -0.15) is 0 Å². The van der Waals surface area contributed by atoms with Gasteiger partial charge in [0.2, 0.25) is 0 Å². The van der Waals surface area contributed by atoms with Crippen LogP contribution in [0.4, 0.5) is 0 Å². The Morgan fingerprint density at radius 1 is 1.00 bits per heavy atom. The average Bonchev–Trinajstić information content (AvgIpc) is 2.23. The quantitative estimate of drug-likeness (QED) is 0.419. The van der Waals surface area contributed by atoms with Gasteiger partial charge in [-0.15, -0.1) is 0 Å². The molecule has 0 aliphatic carbocycles. The molecule has 0 aliphatic rings. The van der Waals surface area contributed by atoms with Crippen LogP contribution in [-0.2, 0) is 0 Å². The zero-order valence-electron chi connectivity index (χ0n) is 10.5. The molecular formula is C14H28O.